The smallest absolute Gasteiger partial charge is 0.262 e. The Labute approximate surface area is 129 Å². The van der Waals surface area contributed by atoms with Gasteiger partial charge in [-0.3, -0.25) is 4.79 Å². The lowest BCUT2D eigenvalue weighted by Gasteiger charge is -2.05. The van der Waals surface area contributed by atoms with Crippen molar-refractivity contribution in [1.29, 1.82) is 0 Å². The molecule has 1 aromatic heterocycles. The van der Waals surface area contributed by atoms with Gasteiger partial charge in [0, 0.05) is 17.3 Å². The number of thiophene rings is 1. The first-order valence-corrected chi connectivity index (χ1v) is 9.24. The summed E-state index contributed by atoms with van der Waals surface area (Å²) in [6, 6.07) is 8.29. The Morgan fingerprint density at radius 3 is 2.40 bits per heavy atom. The molecule has 2 aromatic rings. The Bertz CT molecular complexity index is 720. The third-order valence-electron chi connectivity index (χ3n) is 2.63. The van der Waals surface area contributed by atoms with Crippen LogP contribution in [0.4, 0.5) is 0 Å². The van der Waals surface area contributed by atoms with E-state index in [4.69, 9.17) is 0 Å². The van der Waals surface area contributed by atoms with Gasteiger partial charge < -0.3 is 5.32 Å². The second kappa shape index (κ2) is 6.07. The van der Waals surface area contributed by atoms with Crippen LogP contribution in [0.3, 0.4) is 0 Å². The maximum absolute atomic E-state index is 11.9. The van der Waals surface area contributed by atoms with Crippen LogP contribution in [0.5, 0.6) is 0 Å². The number of amides is 1. The SMILES string of the molecule is CS(=O)(=O)c1ccc(CNC(=O)c2sccc2Br)cc1. The number of benzene rings is 1. The highest BCUT2D eigenvalue weighted by Crippen LogP contribution is 2.22. The van der Waals surface area contributed by atoms with Crippen LogP contribution in [0.1, 0.15) is 15.2 Å². The third kappa shape index (κ3) is 3.68. The number of hydrogen-bond acceptors (Lipinski definition) is 4. The molecule has 7 heteroatoms. The third-order valence-corrected chi connectivity index (χ3v) is 5.59. The molecular formula is C13H12BrNO3S2. The van der Waals surface area contributed by atoms with E-state index >= 15 is 0 Å². The summed E-state index contributed by atoms with van der Waals surface area (Å²) >= 11 is 4.67. The van der Waals surface area contributed by atoms with E-state index in [0.717, 1.165) is 16.3 Å². The van der Waals surface area contributed by atoms with E-state index in [9.17, 15) is 13.2 Å². The highest BCUT2D eigenvalue weighted by Gasteiger charge is 2.11. The Balaban J connectivity index is 2.02. The van der Waals surface area contributed by atoms with Crippen LogP contribution < -0.4 is 5.32 Å². The van der Waals surface area contributed by atoms with Crippen molar-refractivity contribution < 1.29 is 13.2 Å². The highest BCUT2D eigenvalue weighted by atomic mass is 79.9. The summed E-state index contributed by atoms with van der Waals surface area (Å²) in [7, 11) is -3.18. The first-order chi connectivity index (χ1) is 9.38. The maximum atomic E-state index is 11.9. The molecule has 0 fully saturated rings. The van der Waals surface area contributed by atoms with E-state index in [1.54, 1.807) is 12.1 Å². The monoisotopic (exact) mass is 373 g/mol. The van der Waals surface area contributed by atoms with Crippen LogP contribution in [0.2, 0.25) is 0 Å². The molecular weight excluding hydrogens is 362 g/mol. The van der Waals surface area contributed by atoms with Gasteiger partial charge in [-0.1, -0.05) is 12.1 Å². The minimum atomic E-state index is -3.18. The predicted octanol–water partition coefficient (Wildman–Crippen LogP) is 2.84. The molecule has 106 valence electrons. The van der Waals surface area contributed by atoms with Gasteiger partial charge in [-0.15, -0.1) is 11.3 Å². The fraction of sp³-hybridized carbons (Fsp3) is 0.154. The minimum Gasteiger partial charge on any atom is -0.347 e. The summed E-state index contributed by atoms with van der Waals surface area (Å²) in [6.07, 6.45) is 1.16. The van der Waals surface area contributed by atoms with Crippen molar-refractivity contribution in [2.45, 2.75) is 11.4 Å². The lowest BCUT2D eigenvalue weighted by molar-refractivity contribution is 0.0954. The molecule has 1 heterocycles. The summed E-state index contributed by atoms with van der Waals surface area (Å²) in [5, 5.41) is 4.63. The Kier molecular flexibility index (Phi) is 4.62. The van der Waals surface area contributed by atoms with Crippen molar-refractivity contribution in [3.05, 3.63) is 50.6 Å². The van der Waals surface area contributed by atoms with Gasteiger partial charge in [0.1, 0.15) is 4.88 Å². The van der Waals surface area contributed by atoms with Crippen molar-refractivity contribution in [3.63, 3.8) is 0 Å². The van der Waals surface area contributed by atoms with Crippen LogP contribution in [0.25, 0.3) is 0 Å². The second-order valence-electron chi connectivity index (χ2n) is 4.20. The molecule has 4 nitrogen and oxygen atoms in total. The number of rotatable bonds is 4. The zero-order chi connectivity index (χ0) is 14.8. The average Bonchev–Trinajstić information content (AvgIpc) is 2.82. The fourth-order valence-corrected chi connectivity index (χ4v) is 3.67. The molecule has 1 amide bonds. The summed E-state index contributed by atoms with van der Waals surface area (Å²) in [4.78, 5) is 12.8. The molecule has 0 saturated carbocycles. The van der Waals surface area contributed by atoms with E-state index in [-0.39, 0.29) is 10.8 Å². The topological polar surface area (TPSA) is 63.2 Å². The Hall–Kier alpha value is -1.18. The molecule has 1 N–H and O–H groups in total. The largest absolute Gasteiger partial charge is 0.347 e. The minimum absolute atomic E-state index is 0.154. The van der Waals surface area contributed by atoms with Crippen LogP contribution in [-0.2, 0) is 16.4 Å². The van der Waals surface area contributed by atoms with E-state index in [2.05, 4.69) is 21.2 Å². The Morgan fingerprint density at radius 2 is 1.90 bits per heavy atom. The van der Waals surface area contributed by atoms with Gasteiger partial charge >= 0.3 is 0 Å². The summed E-state index contributed by atoms with van der Waals surface area (Å²) in [5.41, 5.74) is 0.846. The van der Waals surface area contributed by atoms with Crippen LogP contribution >= 0.6 is 27.3 Å². The van der Waals surface area contributed by atoms with Gasteiger partial charge in [0.25, 0.3) is 5.91 Å². The van der Waals surface area contributed by atoms with Gasteiger partial charge in [0.15, 0.2) is 9.84 Å². The molecule has 2 rings (SSSR count). The Morgan fingerprint density at radius 1 is 1.25 bits per heavy atom. The molecule has 0 unspecified atom stereocenters. The molecule has 0 saturated heterocycles. The molecule has 20 heavy (non-hydrogen) atoms. The van der Waals surface area contributed by atoms with Crippen LogP contribution in [0, 0.1) is 0 Å². The average molecular weight is 374 g/mol. The number of hydrogen-bond donors (Lipinski definition) is 1. The number of nitrogens with one attached hydrogen (secondary N) is 1. The van der Waals surface area contributed by atoms with Crippen LogP contribution in [-0.4, -0.2) is 20.6 Å². The first-order valence-electron chi connectivity index (χ1n) is 5.68. The standard InChI is InChI=1S/C13H12BrNO3S2/c1-20(17,18)10-4-2-9(3-5-10)8-15-13(16)12-11(14)6-7-19-12/h2-7H,8H2,1H3,(H,15,16). The maximum Gasteiger partial charge on any atom is 0.262 e. The van der Waals surface area contributed by atoms with Crippen molar-refractivity contribution in [2.75, 3.05) is 6.26 Å². The van der Waals surface area contributed by atoms with E-state index in [1.165, 1.54) is 23.5 Å². The molecule has 0 bridgehead atoms. The lowest BCUT2D eigenvalue weighted by atomic mass is 10.2. The lowest BCUT2D eigenvalue weighted by Crippen LogP contribution is -2.22. The molecule has 0 atom stereocenters. The van der Waals surface area contributed by atoms with Crippen molar-refractivity contribution in [2.24, 2.45) is 0 Å². The van der Waals surface area contributed by atoms with E-state index < -0.39 is 9.84 Å². The quantitative estimate of drug-likeness (QED) is 0.895. The number of carbonyl (C=O) groups is 1. The van der Waals surface area contributed by atoms with Gasteiger partial charge in [-0.05, 0) is 45.1 Å². The predicted molar refractivity (Wildman–Crippen MR) is 82.7 cm³/mol. The highest BCUT2D eigenvalue weighted by molar-refractivity contribution is 9.10. The number of carbonyl (C=O) groups excluding carboxylic acids is 1. The van der Waals surface area contributed by atoms with Gasteiger partial charge in [-0.25, -0.2) is 8.42 Å². The number of halogens is 1. The number of sulfone groups is 1. The molecule has 0 spiro atoms. The fourth-order valence-electron chi connectivity index (χ4n) is 1.57. The molecule has 0 radical (unpaired) electrons. The van der Waals surface area contributed by atoms with E-state index in [0.29, 0.717) is 11.4 Å². The van der Waals surface area contributed by atoms with Crippen molar-refractivity contribution in [3.8, 4) is 0 Å². The van der Waals surface area contributed by atoms with Gasteiger partial charge in [0.05, 0.1) is 4.90 Å². The van der Waals surface area contributed by atoms with Crippen molar-refractivity contribution in [1.82, 2.24) is 5.32 Å². The summed E-state index contributed by atoms with van der Waals surface area (Å²) in [6.45, 7) is 0.354. The van der Waals surface area contributed by atoms with Crippen molar-refractivity contribution >= 4 is 43.0 Å². The zero-order valence-electron chi connectivity index (χ0n) is 10.6. The first kappa shape index (κ1) is 15.2. The molecule has 0 aliphatic carbocycles. The van der Waals surface area contributed by atoms with E-state index in [1.807, 2.05) is 11.4 Å². The summed E-state index contributed by atoms with van der Waals surface area (Å²) < 4.78 is 23.4. The second-order valence-corrected chi connectivity index (χ2v) is 7.98. The van der Waals surface area contributed by atoms with Gasteiger partial charge in [-0.2, -0.15) is 0 Å². The molecule has 0 aliphatic rings. The van der Waals surface area contributed by atoms with Crippen LogP contribution in [0.15, 0.2) is 45.1 Å². The zero-order valence-corrected chi connectivity index (χ0v) is 13.8. The molecule has 1 aromatic carbocycles. The van der Waals surface area contributed by atoms with Gasteiger partial charge in [0.2, 0.25) is 0 Å². The molecule has 0 aliphatic heterocycles. The summed E-state index contributed by atoms with van der Waals surface area (Å²) in [5.74, 6) is -0.154. The normalized spacial score (nSPS) is 11.3.